The van der Waals surface area contributed by atoms with Crippen molar-refractivity contribution in [2.45, 2.75) is 0 Å². The van der Waals surface area contributed by atoms with Gasteiger partial charge in [0, 0.05) is 32.3 Å². The minimum atomic E-state index is -0.0961. The Bertz CT molecular complexity index is 5780. The predicted molar refractivity (Wildman–Crippen MR) is 342 cm³/mol. The fraction of sp³-hybridized carbons (Fsp3) is 0. The van der Waals surface area contributed by atoms with Gasteiger partial charge in [-0.05, 0) is 168 Å². The summed E-state index contributed by atoms with van der Waals surface area (Å²) in [6.45, 7) is 0. The first-order chi connectivity index (χ1) is 40.5. The van der Waals surface area contributed by atoms with E-state index in [1.165, 1.54) is 54.6 Å². The Labute approximate surface area is 465 Å². The van der Waals surface area contributed by atoms with Crippen molar-refractivity contribution >= 4 is 141 Å². The van der Waals surface area contributed by atoms with Crippen LogP contribution in [0.4, 0.5) is 0 Å². The molecule has 19 aromatic rings. The zero-order valence-corrected chi connectivity index (χ0v) is 43.7. The molecule has 0 saturated carbocycles. The molecule has 0 fully saturated rings. The molecule has 19 rings (SSSR count). The van der Waals surface area contributed by atoms with Crippen molar-refractivity contribution in [3.05, 3.63) is 263 Å². The summed E-state index contributed by atoms with van der Waals surface area (Å²) in [6, 6.07) is 85.8. The largest absolute Gasteiger partial charge is 0.268 e. The lowest BCUT2D eigenvalue weighted by atomic mass is 9.86. The van der Waals surface area contributed by atoms with Gasteiger partial charge in [0.1, 0.15) is 11.3 Å². The summed E-state index contributed by atoms with van der Waals surface area (Å²) in [4.78, 5) is 40.7. The molecular formula is C76H40N4O2. The monoisotopic (exact) mass is 1040 g/mol. The zero-order chi connectivity index (χ0) is 53.6. The highest BCUT2D eigenvalue weighted by Gasteiger charge is 2.25. The van der Waals surface area contributed by atoms with Gasteiger partial charge in [0.2, 0.25) is 0 Å². The van der Waals surface area contributed by atoms with E-state index < -0.39 is 0 Å². The van der Waals surface area contributed by atoms with Crippen LogP contribution in [0.5, 0.6) is 0 Å². The van der Waals surface area contributed by atoms with E-state index in [4.69, 9.17) is 9.97 Å². The van der Waals surface area contributed by atoms with Crippen LogP contribution in [0, 0.1) is 0 Å². The Hall–Kier alpha value is -11.1. The molecule has 0 saturated heterocycles. The molecule has 0 aliphatic rings. The van der Waals surface area contributed by atoms with E-state index in [0.717, 1.165) is 109 Å². The summed E-state index contributed by atoms with van der Waals surface area (Å²) < 4.78 is 3.60. The minimum Gasteiger partial charge on any atom is -0.268 e. The molecule has 15 aromatic carbocycles. The molecule has 0 bridgehead atoms. The molecule has 0 N–H and O–H groups in total. The highest BCUT2D eigenvalue weighted by molar-refractivity contribution is 6.41. The Kier molecular flexibility index (Phi) is 8.46. The van der Waals surface area contributed by atoms with E-state index in [9.17, 15) is 0 Å². The van der Waals surface area contributed by atoms with Crippen LogP contribution in [0.1, 0.15) is 0 Å². The molecule has 6 nitrogen and oxygen atoms in total. The SMILES string of the molecule is O=c1c2ccc3c4ccc5c6c(ccc(c7ccc(c2c37)c2nc3cc(-c7ccc(-c8cccc9ccccc89)c8ccccc78)ccc3n12)c46)c(=O)n1c2ccc(-c3ccc(-c4cccc6ccccc46)c4ccccc34)cc2nc51. The highest BCUT2D eigenvalue weighted by atomic mass is 16.1. The van der Waals surface area contributed by atoms with Crippen LogP contribution >= 0.6 is 0 Å². The van der Waals surface area contributed by atoms with E-state index in [-0.39, 0.29) is 11.1 Å². The van der Waals surface area contributed by atoms with Gasteiger partial charge in [-0.25, -0.2) is 9.97 Å². The van der Waals surface area contributed by atoms with Crippen molar-refractivity contribution < 1.29 is 0 Å². The van der Waals surface area contributed by atoms with Crippen LogP contribution in [-0.2, 0) is 0 Å². The van der Waals surface area contributed by atoms with Crippen molar-refractivity contribution in [3.8, 4) is 44.5 Å². The van der Waals surface area contributed by atoms with Crippen molar-refractivity contribution in [2.24, 2.45) is 0 Å². The number of aromatic nitrogens is 4. The van der Waals surface area contributed by atoms with Gasteiger partial charge in [-0.2, -0.15) is 0 Å². The third-order valence-corrected chi connectivity index (χ3v) is 18.2. The Morgan fingerprint density at radius 3 is 0.988 bits per heavy atom. The molecular weight excluding hydrogens is 1000 g/mol. The van der Waals surface area contributed by atoms with Crippen molar-refractivity contribution in [1.29, 1.82) is 0 Å². The zero-order valence-electron chi connectivity index (χ0n) is 43.7. The van der Waals surface area contributed by atoms with Crippen LogP contribution in [0.15, 0.2) is 252 Å². The van der Waals surface area contributed by atoms with Crippen LogP contribution in [0.25, 0.3) is 186 Å². The Balaban J connectivity index is 0.764. The van der Waals surface area contributed by atoms with Crippen molar-refractivity contribution in [1.82, 2.24) is 18.8 Å². The van der Waals surface area contributed by atoms with E-state index >= 15 is 9.59 Å². The summed E-state index contributed by atoms with van der Waals surface area (Å²) >= 11 is 0. The van der Waals surface area contributed by atoms with Crippen molar-refractivity contribution in [2.75, 3.05) is 0 Å². The summed E-state index contributed by atoms with van der Waals surface area (Å²) in [5.41, 5.74) is 13.2. The number of benzene rings is 15. The first-order valence-corrected chi connectivity index (χ1v) is 27.9. The number of nitrogens with zero attached hydrogens (tertiary/aromatic N) is 4. The predicted octanol–water partition coefficient (Wildman–Crippen LogP) is 18.5. The second kappa shape index (κ2) is 15.8. The molecule has 0 spiro atoms. The van der Waals surface area contributed by atoms with Crippen molar-refractivity contribution in [3.63, 3.8) is 0 Å². The second-order valence-corrected chi connectivity index (χ2v) is 22.2. The van der Waals surface area contributed by atoms with Gasteiger partial charge >= 0.3 is 0 Å². The maximum absolute atomic E-state index is 15.0. The molecule has 4 aromatic heterocycles. The van der Waals surface area contributed by atoms with E-state index in [1.54, 1.807) is 8.80 Å². The lowest BCUT2D eigenvalue weighted by Gasteiger charge is -2.18. The average molecular weight is 1040 g/mol. The quantitative estimate of drug-likeness (QED) is 0.130. The Morgan fingerprint density at radius 2 is 0.561 bits per heavy atom. The third-order valence-electron chi connectivity index (χ3n) is 18.2. The van der Waals surface area contributed by atoms with Crippen LogP contribution in [-0.4, -0.2) is 18.8 Å². The smallest absolute Gasteiger partial charge is 0.264 e. The van der Waals surface area contributed by atoms with Gasteiger partial charge in [0.05, 0.1) is 22.1 Å². The van der Waals surface area contributed by atoms with Crippen LogP contribution in [0.2, 0.25) is 0 Å². The molecule has 6 heteroatoms. The first kappa shape index (κ1) is 43.9. The van der Waals surface area contributed by atoms with Gasteiger partial charge in [-0.1, -0.05) is 194 Å². The fourth-order valence-electron chi connectivity index (χ4n) is 14.6. The summed E-state index contributed by atoms with van der Waals surface area (Å²) in [5.74, 6) is 0. The normalized spacial score (nSPS) is 12.5. The molecule has 0 atom stereocenters. The molecule has 0 aliphatic heterocycles. The van der Waals surface area contributed by atoms with Crippen LogP contribution < -0.4 is 11.1 Å². The van der Waals surface area contributed by atoms with Crippen LogP contribution in [0.3, 0.4) is 0 Å². The topological polar surface area (TPSA) is 68.7 Å². The molecule has 0 unspecified atom stereocenters. The number of hydrogen-bond acceptors (Lipinski definition) is 4. The number of imidazole rings is 2. The first-order valence-electron chi connectivity index (χ1n) is 27.9. The van der Waals surface area contributed by atoms with Gasteiger partial charge < -0.3 is 0 Å². The van der Waals surface area contributed by atoms with Gasteiger partial charge in [-0.3, -0.25) is 18.4 Å². The standard InChI is InChI=1S/C76H40N4O2/c81-75-63-35-31-59-58-30-34-62-72-64(76(82)80-68-38-24-44(40-66(68)78-74(62)80)48-26-28-56(54-20-8-6-18-50(48)54)52-22-10-14-42-12-2-4-16-46(42)52)36-32-60(70(58)72)57-29-33-61(71(63)69(57)59)73-77-65-39-43(23-37-67(65)79(73)75)47-25-27-55(53-19-7-5-17-49(47)53)51-21-9-13-41-11-1-3-15-45(41)51/h1-40H. The lowest BCUT2D eigenvalue weighted by molar-refractivity contribution is 1.19. The molecule has 0 amide bonds. The Morgan fingerprint density at radius 1 is 0.244 bits per heavy atom. The highest BCUT2D eigenvalue weighted by Crippen LogP contribution is 2.47. The number of rotatable bonds is 4. The van der Waals surface area contributed by atoms with Gasteiger partial charge in [0.25, 0.3) is 11.1 Å². The summed E-state index contributed by atoms with van der Waals surface area (Å²) in [6.07, 6.45) is 0. The third kappa shape index (κ3) is 5.66. The summed E-state index contributed by atoms with van der Waals surface area (Å²) in [7, 11) is 0. The van der Waals surface area contributed by atoms with Gasteiger partial charge in [0.15, 0.2) is 0 Å². The molecule has 0 radical (unpaired) electrons. The molecule has 376 valence electrons. The maximum atomic E-state index is 15.0. The molecule has 4 heterocycles. The van der Waals surface area contributed by atoms with Gasteiger partial charge in [-0.15, -0.1) is 0 Å². The number of hydrogen-bond donors (Lipinski definition) is 0. The molecule has 0 aliphatic carbocycles. The number of pyridine rings is 2. The number of fused-ring (bicyclic) bond motifs is 14. The van der Waals surface area contributed by atoms with E-state index in [1.807, 2.05) is 12.1 Å². The maximum Gasteiger partial charge on any atom is 0.264 e. The fourth-order valence-corrected chi connectivity index (χ4v) is 14.6. The second-order valence-electron chi connectivity index (χ2n) is 22.2. The van der Waals surface area contributed by atoms with E-state index in [2.05, 4.69) is 231 Å². The van der Waals surface area contributed by atoms with E-state index in [0.29, 0.717) is 22.1 Å². The average Bonchev–Trinajstić information content (AvgIpc) is 1.75. The summed E-state index contributed by atoms with van der Waals surface area (Å²) in [5, 5.41) is 20.6. The molecule has 82 heavy (non-hydrogen) atoms. The minimum absolute atomic E-state index is 0.0961. The lowest BCUT2D eigenvalue weighted by Crippen LogP contribution is -2.14.